The average Bonchev–Trinajstić information content (AvgIpc) is 1.76. The number of hydrogen-bond acceptors (Lipinski definition) is 17. The van der Waals surface area contributed by atoms with Crippen LogP contribution in [-0.4, -0.2) is 140 Å². The van der Waals surface area contributed by atoms with E-state index in [4.69, 9.17) is 14.6 Å². The van der Waals surface area contributed by atoms with E-state index in [-0.39, 0.29) is 80.6 Å². The molecular weight excluding hydrogens is 1510 g/mol. The number of nitriles is 2. The lowest BCUT2D eigenvalue weighted by Gasteiger charge is -2.38. The second kappa shape index (κ2) is 42.9. The molecule has 115 heavy (non-hydrogen) atoms. The van der Waals surface area contributed by atoms with Gasteiger partial charge in [0, 0.05) is 20.8 Å². The van der Waals surface area contributed by atoms with Crippen LogP contribution in [0.25, 0.3) is 0 Å². The summed E-state index contributed by atoms with van der Waals surface area (Å²) in [5.41, 5.74) is 3.63. The van der Waals surface area contributed by atoms with Crippen LogP contribution in [0.3, 0.4) is 0 Å². The number of β-amino-alcohol motifs (C(OH)–C–C–N with tert-alkyl or cyclic N) is 3. The van der Waals surface area contributed by atoms with E-state index in [0.29, 0.717) is 64.7 Å². The highest BCUT2D eigenvalue weighted by molar-refractivity contribution is 7.84. The zero-order chi connectivity index (χ0) is 80.9. The number of aliphatic hydroxyl groups excluding tert-OH is 3. The SMILES string of the molecule is C.C.C.CC(C)(C)[S@@](=O)NC(CCC1CC1)(c1cccc(C#N)c1)c1ccc(F)c(NC(=O)[C@H]2C[C@@H](O)CN2)c1.CC(C)(C)[S@@](=O)NC(CCC1CC1)(c1cccc(C#N)c1)c1ccc(F)c(NC(=O)[C@H]2C[C@@H](O)CN2C(=O)OCc2ccccc2)c1.O=C(O)[C@H]1C[C@@H](O)CN1C(=O)OCc1ccccc1.O=C=Nc1ccccc1.[HH]. The van der Waals surface area contributed by atoms with E-state index in [0.717, 1.165) is 65.0 Å². The molecule has 24 nitrogen and oxygen atoms in total. The number of aliphatic hydroxyl groups is 3. The van der Waals surface area contributed by atoms with Crippen molar-refractivity contribution in [2.75, 3.05) is 30.3 Å². The zero-order valence-electron chi connectivity index (χ0n) is 63.4. The van der Waals surface area contributed by atoms with Gasteiger partial charge in [-0.3, -0.25) is 19.4 Å². The Morgan fingerprint density at radius 1 is 0.548 bits per heavy atom. The normalized spacial score (nSPS) is 19.5. The van der Waals surface area contributed by atoms with Crippen molar-refractivity contribution in [3.8, 4) is 12.1 Å². The second-order valence-electron chi connectivity index (χ2n) is 30.4. The topological polar surface area (TPSA) is 363 Å². The Morgan fingerprint density at radius 2 is 0.948 bits per heavy atom. The summed E-state index contributed by atoms with van der Waals surface area (Å²) in [7, 11) is -3.06. The fourth-order valence-corrected chi connectivity index (χ4v) is 15.0. The Balaban J connectivity index is 0.000000307. The summed E-state index contributed by atoms with van der Waals surface area (Å²) in [5, 5.41) is 66.1. The molecule has 2 saturated carbocycles. The van der Waals surface area contributed by atoms with Gasteiger partial charge < -0.3 is 45.9 Å². The maximum Gasteiger partial charge on any atom is 0.410 e. The molecular formula is C87H110F2N10O14S2. The van der Waals surface area contributed by atoms with E-state index in [2.05, 4.69) is 42.5 Å². The molecule has 7 aromatic carbocycles. The molecule has 0 radical (unpaired) electrons. The van der Waals surface area contributed by atoms with Crippen molar-refractivity contribution in [2.45, 2.75) is 205 Å². The molecule has 618 valence electrons. The molecule has 2 unspecified atom stereocenters. The molecule has 5 aliphatic rings. The number of anilines is 2. The number of halogens is 2. The smallest absolute Gasteiger partial charge is 0.410 e. The number of nitrogens with zero attached hydrogens (tertiary/aromatic N) is 5. The van der Waals surface area contributed by atoms with Crippen LogP contribution in [0.4, 0.5) is 35.4 Å². The Morgan fingerprint density at radius 3 is 1.33 bits per heavy atom. The molecule has 9 N–H and O–H groups in total. The highest BCUT2D eigenvalue weighted by Gasteiger charge is 2.45. The number of para-hydroxylation sites is 1. The summed E-state index contributed by atoms with van der Waals surface area (Å²) < 4.78 is 73.7. The summed E-state index contributed by atoms with van der Waals surface area (Å²) in [6, 6.07) is 52.0. The Hall–Kier alpha value is -10.2. The summed E-state index contributed by atoms with van der Waals surface area (Å²) in [4.78, 5) is 77.5. The molecule has 0 aromatic heterocycles. The van der Waals surface area contributed by atoms with Gasteiger partial charge in [0.2, 0.25) is 17.9 Å². The Kier molecular flexibility index (Phi) is 35.0. The lowest BCUT2D eigenvalue weighted by atomic mass is 9.79. The summed E-state index contributed by atoms with van der Waals surface area (Å²) in [5.74, 6) is -2.42. The van der Waals surface area contributed by atoms with E-state index in [9.17, 15) is 67.4 Å². The molecule has 4 amide bonds. The molecule has 0 bridgehead atoms. The number of ether oxygens (including phenoxy) is 2. The van der Waals surface area contributed by atoms with Crippen molar-refractivity contribution >= 4 is 75.1 Å². The third kappa shape index (κ3) is 26.4. The number of isocyanates is 1. The molecule has 28 heteroatoms. The van der Waals surface area contributed by atoms with E-state index >= 15 is 4.39 Å². The quantitative estimate of drug-likeness (QED) is 0.0200. The summed E-state index contributed by atoms with van der Waals surface area (Å²) >= 11 is 0. The number of amides is 4. The number of carbonyl (C=O) groups excluding carboxylic acids is 5. The third-order valence-corrected chi connectivity index (χ3v) is 23.0. The van der Waals surface area contributed by atoms with Crippen LogP contribution in [0.1, 0.15) is 180 Å². The number of nitrogens with one attached hydrogen (secondary N) is 5. The number of rotatable bonds is 24. The van der Waals surface area contributed by atoms with Crippen LogP contribution < -0.4 is 25.4 Å². The van der Waals surface area contributed by atoms with E-state index in [1.165, 1.54) is 24.3 Å². The monoisotopic (exact) mass is 1620 g/mol. The maximum atomic E-state index is 15.5. The van der Waals surface area contributed by atoms with E-state index in [1.807, 2.05) is 108 Å². The van der Waals surface area contributed by atoms with Gasteiger partial charge in [0.25, 0.3) is 0 Å². The van der Waals surface area contributed by atoms with Crippen LogP contribution in [0.5, 0.6) is 0 Å². The van der Waals surface area contributed by atoms with Gasteiger partial charge in [-0.2, -0.15) is 15.5 Å². The van der Waals surface area contributed by atoms with Crippen molar-refractivity contribution in [1.82, 2.24) is 24.6 Å². The summed E-state index contributed by atoms with van der Waals surface area (Å²) in [6.07, 6.45) is 5.11. The minimum atomic E-state index is -1.57. The number of aliphatic carboxylic acids is 1. The predicted molar refractivity (Wildman–Crippen MR) is 442 cm³/mol. The van der Waals surface area contributed by atoms with Crippen LogP contribution in [0.15, 0.2) is 181 Å². The van der Waals surface area contributed by atoms with Gasteiger partial charge in [0.05, 0.1) is 120 Å². The highest BCUT2D eigenvalue weighted by Crippen LogP contribution is 2.45. The fraction of sp³-hybridized carbons (Fsp3) is 0.425. The molecule has 10 atom stereocenters. The molecule has 2 aliphatic carbocycles. The van der Waals surface area contributed by atoms with Crippen LogP contribution in [-0.2, 0) is 74.9 Å². The Labute approximate surface area is 679 Å². The van der Waals surface area contributed by atoms with Gasteiger partial charge in [-0.15, -0.1) is 0 Å². The molecule has 3 heterocycles. The van der Waals surface area contributed by atoms with Crippen molar-refractivity contribution in [3.05, 3.63) is 232 Å². The van der Waals surface area contributed by atoms with Gasteiger partial charge in [-0.25, -0.2) is 45.8 Å². The molecule has 3 aliphatic heterocycles. The molecule has 7 aromatic rings. The summed E-state index contributed by atoms with van der Waals surface area (Å²) in [6.45, 7) is 11.5. The first kappa shape index (κ1) is 93.6. The number of hydrogen-bond donors (Lipinski definition) is 9. The second-order valence-corrected chi connectivity index (χ2v) is 34.3. The first-order valence-corrected chi connectivity index (χ1v) is 39.4. The molecule has 3 saturated heterocycles. The van der Waals surface area contributed by atoms with Crippen molar-refractivity contribution in [3.63, 3.8) is 0 Å². The molecule has 5 fully saturated rings. The largest absolute Gasteiger partial charge is 0.480 e. The van der Waals surface area contributed by atoms with Crippen molar-refractivity contribution < 1.29 is 77.3 Å². The van der Waals surface area contributed by atoms with Crippen molar-refractivity contribution in [1.29, 1.82) is 10.5 Å². The van der Waals surface area contributed by atoms with Gasteiger partial charge in [-0.05, 0) is 180 Å². The van der Waals surface area contributed by atoms with Crippen LogP contribution >= 0.6 is 0 Å². The lowest BCUT2D eigenvalue weighted by molar-refractivity contribution is -0.141. The fourth-order valence-electron chi connectivity index (χ4n) is 13.0. The van der Waals surface area contributed by atoms with Gasteiger partial charge >= 0.3 is 18.2 Å². The van der Waals surface area contributed by atoms with Gasteiger partial charge in [-0.1, -0.05) is 163 Å². The molecule has 12 rings (SSSR count). The van der Waals surface area contributed by atoms with Crippen LogP contribution in [0.2, 0.25) is 0 Å². The number of benzene rings is 7. The van der Waals surface area contributed by atoms with Gasteiger partial charge in [0.1, 0.15) is 36.9 Å². The standard InChI is InChI=1S/C36H41FN4O5S.C28H35FN4O3S.C13H15NO5.C7H5NO.3CH4.H2/c1-35(2,3)47(45)40-36(17-16-24-12-13-24,27-11-7-10-26(18-27)21-38)28-14-15-30(37)31(19-28)39-33(43)32-20-29(42)22-41(32)34(44)46-23-25-8-5-4-6-9-25;1-27(2,3)37(36)33-28(12-11-18-7-8-18,20-6-4-5-19(13-20)16-30)21-9-10-23(29)24(14-21)32-26(35)25-15-22(34)17-31-25;15-10-6-11(12(16)17)14(7-10)13(18)19-8-9-4-2-1-3-5-9;9-6-8-7-4-2-1-3-5-7;;;;/h4-11,14-15,18-19,24,29,32,40,42H,12-13,16-17,20,22-23H2,1-3H3,(H,39,43);4-6,9-10,13-14,18,22,25,31,33-34H,7-8,11-12,15,17H2,1-3H3,(H,32,35);1-5,10-11,15H,6-8H2,(H,16,17);1-5H;3*1H4;1H/t29-,32-,36?,47-;22-,25-,28?,37-;10-,11-;;;;;/m111...../s1. The minimum Gasteiger partial charge on any atom is -0.480 e. The average molecular weight is 1620 g/mol. The highest BCUT2D eigenvalue weighted by atomic mass is 32.2. The molecule has 0 spiro atoms. The van der Waals surface area contributed by atoms with E-state index < -0.39 is 121 Å². The number of aliphatic imine (C=N–C) groups is 1. The van der Waals surface area contributed by atoms with Crippen molar-refractivity contribution in [2.24, 2.45) is 16.8 Å². The lowest BCUT2D eigenvalue weighted by Crippen LogP contribution is -2.49. The van der Waals surface area contributed by atoms with Gasteiger partial charge in [0.15, 0.2) is 0 Å². The van der Waals surface area contributed by atoms with E-state index in [1.54, 1.807) is 91.0 Å². The predicted octanol–water partition coefficient (Wildman–Crippen LogP) is 14.4. The number of carboxylic acid groups (broad SMARTS) is 1. The Bertz CT molecular complexity index is 4620. The third-order valence-electron chi connectivity index (χ3n) is 19.7. The number of likely N-dealkylation sites (tertiary alicyclic amines) is 2. The maximum absolute atomic E-state index is 15.5. The number of carbonyl (C=O) groups is 5. The minimum absolute atomic E-state index is 0. The number of carboxylic acids is 1. The first-order valence-electron chi connectivity index (χ1n) is 37.1. The first-order chi connectivity index (χ1) is 53.4. The zero-order valence-corrected chi connectivity index (χ0v) is 65.0. The van der Waals surface area contributed by atoms with Crippen LogP contribution in [0, 0.1) is 46.1 Å².